The van der Waals surface area contributed by atoms with Gasteiger partial charge in [-0.3, -0.25) is 4.79 Å². The third-order valence-electron chi connectivity index (χ3n) is 2.78. The van der Waals surface area contributed by atoms with E-state index >= 15 is 0 Å². The zero-order valence-electron chi connectivity index (χ0n) is 13.2. The second-order valence-electron chi connectivity index (χ2n) is 5.25. The van der Waals surface area contributed by atoms with Gasteiger partial charge in [-0.05, 0) is 45.2 Å². The molecule has 1 unspecified atom stereocenters. The van der Waals surface area contributed by atoms with Crippen molar-refractivity contribution in [2.24, 2.45) is 5.92 Å². The van der Waals surface area contributed by atoms with E-state index < -0.39 is 10.0 Å². The van der Waals surface area contributed by atoms with Crippen molar-refractivity contribution in [1.82, 2.24) is 10.0 Å². The zero-order chi connectivity index (χ0) is 16.0. The van der Waals surface area contributed by atoms with Gasteiger partial charge >= 0.3 is 0 Å². The molecule has 1 rings (SSSR count). The third-order valence-corrected chi connectivity index (χ3v) is 4.46. The zero-order valence-corrected chi connectivity index (χ0v) is 14.8. The first-order valence-corrected chi connectivity index (χ1v) is 8.32. The fraction of sp³-hybridized carbons (Fsp3) is 0.500. The van der Waals surface area contributed by atoms with Crippen molar-refractivity contribution in [1.29, 1.82) is 0 Å². The van der Waals surface area contributed by atoms with E-state index in [9.17, 15) is 13.2 Å². The predicted octanol–water partition coefficient (Wildman–Crippen LogP) is 1.59. The summed E-state index contributed by atoms with van der Waals surface area (Å²) in [6.45, 7) is 5.92. The van der Waals surface area contributed by atoms with Crippen molar-refractivity contribution in [3.63, 3.8) is 0 Å². The number of sulfonamides is 1. The van der Waals surface area contributed by atoms with Crippen LogP contribution in [0.25, 0.3) is 0 Å². The maximum Gasteiger partial charge on any atom is 0.240 e. The summed E-state index contributed by atoms with van der Waals surface area (Å²) >= 11 is 0. The molecular weight excluding hydrogens is 326 g/mol. The number of hydrogen-bond acceptors (Lipinski definition) is 4. The fourth-order valence-corrected chi connectivity index (χ4v) is 3.01. The summed E-state index contributed by atoms with van der Waals surface area (Å²) in [4.78, 5) is 12.0. The molecule has 1 amide bonds. The average molecular weight is 350 g/mol. The molecule has 0 bridgehead atoms. The number of amides is 1. The predicted molar refractivity (Wildman–Crippen MR) is 90.9 cm³/mol. The van der Waals surface area contributed by atoms with Crippen LogP contribution in [0, 0.1) is 5.92 Å². The summed E-state index contributed by atoms with van der Waals surface area (Å²) in [7, 11) is -1.72. The van der Waals surface area contributed by atoms with Gasteiger partial charge in [0, 0.05) is 24.2 Å². The number of carbonyl (C=O) groups excluding carboxylic acids is 1. The Kier molecular flexibility index (Phi) is 8.62. The number of benzene rings is 1. The first-order valence-electron chi connectivity index (χ1n) is 6.84. The molecule has 3 N–H and O–H groups in total. The Hall–Kier alpha value is -1.15. The first kappa shape index (κ1) is 20.9. The van der Waals surface area contributed by atoms with Crippen LogP contribution in [0.2, 0.25) is 0 Å². The fourth-order valence-electron chi connectivity index (χ4n) is 1.76. The normalized spacial score (nSPS) is 12.6. The number of rotatable bonds is 7. The highest BCUT2D eigenvalue weighted by atomic mass is 35.5. The van der Waals surface area contributed by atoms with Gasteiger partial charge in [0.15, 0.2) is 0 Å². The molecule has 1 aromatic rings. The van der Waals surface area contributed by atoms with Crippen molar-refractivity contribution in [3.05, 3.63) is 24.3 Å². The number of halogens is 1. The van der Waals surface area contributed by atoms with Gasteiger partial charge in [0.2, 0.25) is 15.9 Å². The molecule has 0 aliphatic heterocycles. The van der Waals surface area contributed by atoms with Crippen LogP contribution in [0.1, 0.15) is 20.8 Å². The monoisotopic (exact) mass is 349 g/mol. The lowest BCUT2D eigenvalue weighted by atomic mass is 10.1. The lowest BCUT2D eigenvalue weighted by Gasteiger charge is -2.13. The Labute approximate surface area is 138 Å². The Balaban J connectivity index is 0.00000441. The molecule has 8 heteroatoms. The molecule has 0 aliphatic rings. The molecule has 0 aliphatic carbocycles. The van der Waals surface area contributed by atoms with E-state index in [1.165, 1.54) is 12.1 Å². The maximum absolute atomic E-state index is 12.0. The highest BCUT2D eigenvalue weighted by Crippen LogP contribution is 2.15. The van der Waals surface area contributed by atoms with Crippen molar-refractivity contribution in [2.45, 2.75) is 31.7 Å². The largest absolute Gasteiger partial charge is 0.326 e. The van der Waals surface area contributed by atoms with E-state index in [2.05, 4.69) is 15.4 Å². The number of anilines is 1. The standard InChI is InChI=1S/C14H23N3O3S.ClH/c1-10(2)17-21(19,20)13-7-5-12(6-8-13)16-14(18)11(3)9-15-4;/h5-8,10-11,15,17H,9H2,1-4H3,(H,16,18);1H. The smallest absolute Gasteiger partial charge is 0.240 e. The molecule has 0 spiro atoms. The molecule has 0 heterocycles. The Morgan fingerprint density at radius 2 is 1.68 bits per heavy atom. The number of hydrogen-bond donors (Lipinski definition) is 3. The van der Waals surface area contributed by atoms with E-state index in [4.69, 9.17) is 0 Å². The maximum atomic E-state index is 12.0. The van der Waals surface area contributed by atoms with Crippen LogP contribution < -0.4 is 15.4 Å². The van der Waals surface area contributed by atoms with Gasteiger partial charge in [-0.15, -0.1) is 12.4 Å². The van der Waals surface area contributed by atoms with Crippen LogP contribution in [-0.2, 0) is 14.8 Å². The minimum Gasteiger partial charge on any atom is -0.326 e. The van der Waals surface area contributed by atoms with E-state index in [0.29, 0.717) is 12.2 Å². The van der Waals surface area contributed by atoms with Gasteiger partial charge in [0.1, 0.15) is 0 Å². The lowest BCUT2D eigenvalue weighted by molar-refractivity contribution is -0.119. The molecule has 22 heavy (non-hydrogen) atoms. The van der Waals surface area contributed by atoms with Gasteiger partial charge in [0.25, 0.3) is 0 Å². The molecule has 0 aromatic heterocycles. The second-order valence-corrected chi connectivity index (χ2v) is 6.96. The van der Waals surface area contributed by atoms with Gasteiger partial charge in [-0.25, -0.2) is 13.1 Å². The number of carbonyl (C=O) groups is 1. The molecule has 1 aromatic carbocycles. The Morgan fingerprint density at radius 1 is 1.14 bits per heavy atom. The number of nitrogens with one attached hydrogen (secondary N) is 3. The second kappa shape index (κ2) is 9.09. The third kappa shape index (κ3) is 6.31. The average Bonchev–Trinajstić information content (AvgIpc) is 2.38. The van der Waals surface area contributed by atoms with Gasteiger partial charge < -0.3 is 10.6 Å². The molecule has 0 saturated heterocycles. The first-order chi connectivity index (χ1) is 9.76. The summed E-state index contributed by atoms with van der Waals surface area (Å²) in [5.74, 6) is -0.277. The minimum absolute atomic E-state index is 0. The van der Waals surface area contributed by atoms with Gasteiger partial charge in [-0.2, -0.15) is 0 Å². The van der Waals surface area contributed by atoms with Crippen LogP contribution in [-0.4, -0.2) is 34.0 Å². The molecule has 0 fully saturated rings. The van der Waals surface area contributed by atoms with Crippen LogP contribution >= 0.6 is 12.4 Å². The van der Waals surface area contributed by atoms with E-state index in [-0.39, 0.29) is 35.2 Å². The highest BCUT2D eigenvalue weighted by Gasteiger charge is 2.16. The van der Waals surface area contributed by atoms with Crippen molar-refractivity contribution in [2.75, 3.05) is 18.9 Å². The Bertz CT molecular complexity index is 574. The van der Waals surface area contributed by atoms with Crippen LogP contribution in [0.5, 0.6) is 0 Å². The summed E-state index contributed by atoms with van der Waals surface area (Å²) < 4.78 is 26.4. The summed E-state index contributed by atoms with van der Waals surface area (Å²) in [6, 6.07) is 5.95. The Morgan fingerprint density at radius 3 is 2.14 bits per heavy atom. The highest BCUT2D eigenvalue weighted by molar-refractivity contribution is 7.89. The van der Waals surface area contributed by atoms with Crippen LogP contribution in [0.4, 0.5) is 5.69 Å². The molecular formula is C14H24ClN3O3S. The van der Waals surface area contributed by atoms with Crippen molar-refractivity contribution >= 4 is 34.0 Å². The minimum atomic E-state index is -3.50. The van der Waals surface area contributed by atoms with Gasteiger partial charge in [-0.1, -0.05) is 6.92 Å². The van der Waals surface area contributed by atoms with Crippen LogP contribution in [0.15, 0.2) is 29.2 Å². The van der Waals surface area contributed by atoms with E-state index in [0.717, 1.165) is 0 Å². The summed E-state index contributed by atoms with van der Waals surface area (Å²) in [5, 5.41) is 5.68. The molecule has 1 atom stereocenters. The molecule has 0 radical (unpaired) electrons. The molecule has 0 saturated carbocycles. The molecule has 6 nitrogen and oxygen atoms in total. The van der Waals surface area contributed by atoms with Gasteiger partial charge in [0.05, 0.1) is 4.90 Å². The molecule has 126 valence electrons. The topological polar surface area (TPSA) is 87.3 Å². The van der Waals surface area contributed by atoms with Crippen molar-refractivity contribution < 1.29 is 13.2 Å². The SMILES string of the molecule is CNCC(C)C(=O)Nc1ccc(S(=O)(=O)NC(C)C)cc1.Cl. The van der Waals surface area contributed by atoms with Crippen molar-refractivity contribution in [3.8, 4) is 0 Å². The quantitative estimate of drug-likeness (QED) is 0.697. The van der Waals surface area contributed by atoms with Crippen LogP contribution in [0.3, 0.4) is 0 Å². The summed E-state index contributed by atoms with van der Waals surface area (Å²) in [6.07, 6.45) is 0. The van der Waals surface area contributed by atoms with E-state index in [1.807, 2.05) is 6.92 Å². The summed E-state index contributed by atoms with van der Waals surface area (Å²) in [5.41, 5.74) is 0.575. The lowest BCUT2D eigenvalue weighted by Crippen LogP contribution is -2.30. The van der Waals surface area contributed by atoms with E-state index in [1.54, 1.807) is 33.0 Å².